The highest BCUT2D eigenvalue weighted by molar-refractivity contribution is 9.10. The van der Waals surface area contributed by atoms with Crippen molar-refractivity contribution in [1.29, 1.82) is 0 Å². The van der Waals surface area contributed by atoms with Gasteiger partial charge in [-0.15, -0.1) is 0 Å². The third-order valence-corrected chi connectivity index (χ3v) is 4.99. The first kappa shape index (κ1) is 15.5. The Kier molecular flexibility index (Phi) is 4.86. The highest BCUT2D eigenvalue weighted by atomic mass is 79.9. The van der Waals surface area contributed by atoms with Crippen LogP contribution in [0.25, 0.3) is 0 Å². The molecular formula is C16H23BrN2O. The lowest BCUT2D eigenvalue weighted by Crippen LogP contribution is -2.45. The van der Waals surface area contributed by atoms with Crippen molar-refractivity contribution in [2.45, 2.75) is 39.2 Å². The van der Waals surface area contributed by atoms with Crippen LogP contribution in [-0.4, -0.2) is 23.9 Å². The van der Waals surface area contributed by atoms with Gasteiger partial charge >= 0.3 is 0 Å². The number of benzene rings is 1. The van der Waals surface area contributed by atoms with E-state index in [4.69, 9.17) is 5.73 Å². The molecular weight excluding hydrogens is 316 g/mol. The summed E-state index contributed by atoms with van der Waals surface area (Å²) in [6.07, 6.45) is 2.88. The zero-order valence-electron chi connectivity index (χ0n) is 12.2. The minimum absolute atomic E-state index is 0.192. The van der Waals surface area contributed by atoms with E-state index in [1.54, 1.807) is 0 Å². The normalized spacial score (nSPS) is 21.8. The van der Waals surface area contributed by atoms with Crippen LogP contribution >= 0.6 is 15.9 Å². The Morgan fingerprint density at radius 2 is 2.30 bits per heavy atom. The Morgan fingerprint density at radius 1 is 1.55 bits per heavy atom. The molecule has 0 aromatic heterocycles. The molecule has 1 aromatic rings. The van der Waals surface area contributed by atoms with Crippen molar-refractivity contribution >= 4 is 21.8 Å². The van der Waals surface area contributed by atoms with E-state index < -0.39 is 5.41 Å². The van der Waals surface area contributed by atoms with Crippen LogP contribution in [0.2, 0.25) is 0 Å². The first-order valence-corrected chi connectivity index (χ1v) is 8.07. The summed E-state index contributed by atoms with van der Waals surface area (Å²) < 4.78 is 1.06. The summed E-state index contributed by atoms with van der Waals surface area (Å²) in [4.78, 5) is 14.9. The van der Waals surface area contributed by atoms with E-state index in [1.807, 2.05) is 30.9 Å². The van der Waals surface area contributed by atoms with Crippen LogP contribution in [0.4, 0.5) is 0 Å². The number of hydrogen-bond donors (Lipinski definition) is 1. The molecule has 3 nitrogen and oxygen atoms in total. The molecule has 2 unspecified atom stereocenters. The van der Waals surface area contributed by atoms with Crippen LogP contribution in [0.5, 0.6) is 0 Å². The summed E-state index contributed by atoms with van der Waals surface area (Å²) in [6.45, 7) is 5.26. The first-order chi connectivity index (χ1) is 9.51. The van der Waals surface area contributed by atoms with E-state index in [0.29, 0.717) is 6.54 Å². The van der Waals surface area contributed by atoms with E-state index in [-0.39, 0.29) is 11.9 Å². The molecule has 0 spiro atoms. The Hall–Kier alpha value is -0.870. The van der Waals surface area contributed by atoms with Crippen molar-refractivity contribution in [1.82, 2.24) is 4.90 Å². The average molecular weight is 339 g/mol. The van der Waals surface area contributed by atoms with Gasteiger partial charge in [0.25, 0.3) is 0 Å². The molecule has 1 heterocycles. The maximum absolute atomic E-state index is 12.8. The minimum atomic E-state index is -0.436. The molecule has 1 saturated heterocycles. The van der Waals surface area contributed by atoms with Gasteiger partial charge in [0.2, 0.25) is 5.91 Å². The predicted molar refractivity (Wildman–Crippen MR) is 85.3 cm³/mol. The fourth-order valence-electron chi connectivity index (χ4n) is 2.80. The summed E-state index contributed by atoms with van der Waals surface area (Å²) in [6, 6.07) is 8.45. The van der Waals surface area contributed by atoms with Crippen LogP contribution in [0.1, 0.15) is 44.7 Å². The fraction of sp³-hybridized carbons (Fsp3) is 0.562. The minimum Gasteiger partial charge on any atom is -0.335 e. The van der Waals surface area contributed by atoms with Gasteiger partial charge in [-0.25, -0.2) is 0 Å². The summed E-state index contributed by atoms with van der Waals surface area (Å²) in [5.74, 6) is 0.199. The molecule has 20 heavy (non-hydrogen) atoms. The third-order valence-electron chi connectivity index (χ3n) is 4.49. The first-order valence-electron chi connectivity index (χ1n) is 7.28. The molecule has 1 aromatic carbocycles. The monoisotopic (exact) mass is 338 g/mol. The quantitative estimate of drug-likeness (QED) is 0.913. The zero-order valence-corrected chi connectivity index (χ0v) is 13.8. The summed E-state index contributed by atoms with van der Waals surface area (Å²) in [5, 5.41) is 0. The van der Waals surface area contributed by atoms with Crippen molar-refractivity contribution in [3.63, 3.8) is 0 Å². The molecule has 1 amide bonds. The van der Waals surface area contributed by atoms with Gasteiger partial charge in [-0.1, -0.05) is 35.0 Å². The molecule has 110 valence electrons. The lowest BCUT2D eigenvalue weighted by atomic mass is 9.85. The largest absolute Gasteiger partial charge is 0.335 e. The molecule has 4 heteroatoms. The molecule has 0 saturated carbocycles. The van der Waals surface area contributed by atoms with Crippen molar-refractivity contribution in [3.05, 3.63) is 34.3 Å². The number of nitrogens with zero attached hydrogens (tertiary/aromatic N) is 1. The van der Waals surface area contributed by atoms with Crippen LogP contribution in [0.3, 0.4) is 0 Å². The van der Waals surface area contributed by atoms with E-state index in [1.165, 1.54) is 5.56 Å². The van der Waals surface area contributed by atoms with Gasteiger partial charge in [0.15, 0.2) is 0 Å². The highest BCUT2D eigenvalue weighted by Gasteiger charge is 2.39. The lowest BCUT2D eigenvalue weighted by molar-refractivity contribution is -0.142. The highest BCUT2D eigenvalue weighted by Crippen LogP contribution is 2.36. The van der Waals surface area contributed by atoms with E-state index in [0.717, 1.165) is 30.3 Å². The molecule has 1 fully saturated rings. The van der Waals surface area contributed by atoms with Crippen LogP contribution in [0, 0.1) is 5.41 Å². The topological polar surface area (TPSA) is 46.3 Å². The number of carbonyl (C=O) groups is 1. The maximum atomic E-state index is 12.8. The summed E-state index contributed by atoms with van der Waals surface area (Å²) >= 11 is 3.51. The van der Waals surface area contributed by atoms with Gasteiger partial charge < -0.3 is 10.6 Å². The van der Waals surface area contributed by atoms with Gasteiger partial charge in [0.05, 0.1) is 11.5 Å². The molecule has 2 N–H and O–H groups in total. The van der Waals surface area contributed by atoms with Crippen LogP contribution < -0.4 is 5.73 Å². The molecule has 1 aliphatic heterocycles. The Balaban J connectivity index is 2.25. The zero-order chi connectivity index (χ0) is 14.8. The van der Waals surface area contributed by atoms with Crippen molar-refractivity contribution < 1.29 is 4.79 Å². The van der Waals surface area contributed by atoms with Crippen molar-refractivity contribution in [2.24, 2.45) is 11.1 Å². The maximum Gasteiger partial charge on any atom is 0.230 e. The second-order valence-corrected chi connectivity index (χ2v) is 6.75. The number of carbonyl (C=O) groups excluding carboxylic acids is 1. The number of nitrogens with two attached hydrogens (primary N) is 1. The smallest absolute Gasteiger partial charge is 0.230 e. The van der Waals surface area contributed by atoms with E-state index >= 15 is 0 Å². The van der Waals surface area contributed by atoms with Gasteiger partial charge in [-0.05, 0) is 43.9 Å². The number of amides is 1. The lowest BCUT2D eigenvalue weighted by Gasteiger charge is -2.34. The SMILES string of the molecule is CCC(C)(CN)C(=O)N1CCCC1c1cccc(Br)c1. The fourth-order valence-corrected chi connectivity index (χ4v) is 3.22. The summed E-state index contributed by atoms with van der Waals surface area (Å²) in [5.41, 5.74) is 6.61. The van der Waals surface area contributed by atoms with Gasteiger partial charge in [0, 0.05) is 17.6 Å². The van der Waals surface area contributed by atoms with Crippen LogP contribution in [0.15, 0.2) is 28.7 Å². The average Bonchev–Trinajstić information content (AvgIpc) is 2.95. The molecule has 0 bridgehead atoms. The Bertz CT molecular complexity index is 485. The van der Waals surface area contributed by atoms with Gasteiger partial charge in [0.1, 0.15) is 0 Å². The van der Waals surface area contributed by atoms with Crippen molar-refractivity contribution in [3.8, 4) is 0 Å². The molecule has 0 aliphatic carbocycles. The number of rotatable bonds is 4. The number of halogens is 1. The van der Waals surface area contributed by atoms with E-state index in [2.05, 4.69) is 28.1 Å². The molecule has 1 aliphatic rings. The molecule has 2 atom stereocenters. The number of hydrogen-bond acceptors (Lipinski definition) is 2. The Morgan fingerprint density at radius 3 is 2.90 bits per heavy atom. The standard InChI is InChI=1S/C16H23BrN2O/c1-3-16(2,11-18)15(20)19-9-5-8-14(19)12-6-4-7-13(17)10-12/h4,6-7,10,14H,3,5,8-9,11,18H2,1-2H3. The number of likely N-dealkylation sites (tertiary alicyclic amines) is 1. The second-order valence-electron chi connectivity index (χ2n) is 5.83. The molecule has 0 radical (unpaired) electrons. The second kappa shape index (κ2) is 6.27. The Labute approximate surface area is 129 Å². The molecule has 2 rings (SSSR count). The van der Waals surface area contributed by atoms with Gasteiger partial charge in [-0.2, -0.15) is 0 Å². The van der Waals surface area contributed by atoms with Crippen molar-refractivity contribution in [2.75, 3.05) is 13.1 Å². The van der Waals surface area contributed by atoms with Gasteiger partial charge in [-0.3, -0.25) is 4.79 Å². The van der Waals surface area contributed by atoms with E-state index in [9.17, 15) is 4.79 Å². The third kappa shape index (κ3) is 2.91. The predicted octanol–water partition coefficient (Wildman–Crippen LogP) is 3.49. The van der Waals surface area contributed by atoms with Crippen LogP contribution in [-0.2, 0) is 4.79 Å². The summed E-state index contributed by atoms with van der Waals surface area (Å²) in [7, 11) is 0.